The van der Waals surface area contributed by atoms with Crippen LogP contribution in [-0.4, -0.2) is 18.5 Å². The van der Waals surface area contributed by atoms with Crippen LogP contribution in [0.5, 0.6) is 0 Å². The van der Waals surface area contributed by atoms with Crippen LogP contribution >= 0.6 is 0 Å². The van der Waals surface area contributed by atoms with Crippen molar-refractivity contribution >= 4 is 0 Å². The molecule has 0 spiro atoms. The predicted octanol–water partition coefficient (Wildman–Crippen LogP) is 1.41. The zero-order valence-electron chi connectivity index (χ0n) is 7.26. The van der Waals surface area contributed by atoms with E-state index in [2.05, 4.69) is 19.8 Å². The van der Waals surface area contributed by atoms with Crippen LogP contribution in [0.2, 0.25) is 0 Å². The minimum atomic E-state index is -0.783. The Labute approximate surface area is 67.9 Å². The zero-order valence-corrected chi connectivity index (χ0v) is 7.26. The molecule has 0 aromatic rings. The molecule has 2 nitrogen and oxygen atoms in total. The highest BCUT2D eigenvalue weighted by molar-refractivity contribution is 5.02. The van der Waals surface area contributed by atoms with Crippen LogP contribution in [0, 0.1) is 18.3 Å². The molecule has 1 aliphatic heterocycles. The standard InChI is InChI=1S/C9H14O2/c1-5-9(4)10-6-8(11-9)7(2)3/h1,7-8H,6H2,2-4H3. The Morgan fingerprint density at radius 3 is 2.55 bits per heavy atom. The van der Waals surface area contributed by atoms with E-state index in [-0.39, 0.29) is 6.10 Å². The molecule has 2 heteroatoms. The van der Waals surface area contributed by atoms with Crippen molar-refractivity contribution in [3.63, 3.8) is 0 Å². The summed E-state index contributed by atoms with van der Waals surface area (Å²) in [6, 6.07) is 0. The summed E-state index contributed by atoms with van der Waals surface area (Å²) < 4.78 is 10.8. The molecule has 62 valence electrons. The van der Waals surface area contributed by atoms with Gasteiger partial charge in [-0.05, 0) is 11.8 Å². The minimum Gasteiger partial charge on any atom is -0.337 e. The number of terminal acetylenes is 1. The van der Waals surface area contributed by atoms with Crippen molar-refractivity contribution in [3.8, 4) is 12.3 Å². The molecule has 0 amide bonds. The van der Waals surface area contributed by atoms with E-state index < -0.39 is 5.79 Å². The fourth-order valence-electron chi connectivity index (χ4n) is 1.00. The summed E-state index contributed by atoms with van der Waals surface area (Å²) in [5.74, 6) is 2.16. The molecule has 11 heavy (non-hydrogen) atoms. The Balaban J connectivity index is 2.55. The summed E-state index contributed by atoms with van der Waals surface area (Å²) in [7, 11) is 0. The highest BCUT2D eigenvalue weighted by Crippen LogP contribution is 2.26. The zero-order chi connectivity index (χ0) is 8.48. The van der Waals surface area contributed by atoms with Gasteiger partial charge in [-0.3, -0.25) is 0 Å². The van der Waals surface area contributed by atoms with E-state index in [1.807, 2.05) is 0 Å². The summed E-state index contributed by atoms with van der Waals surface area (Å²) in [6.07, 6.45) is 5.38. The van der Waals surface area contributed by atoms with Crippen LogP contribution in [-0.2, 0) is 9.47 Å². The SMILES string of the molecule is C#CC1(C)OCC(C(C)C)O1. The summed E-state index contributed by atoms with van der Waals surface area (Å²) in [6.45, 7) is 6.57. The third kappa shape index (κ3) is 1.74. The maximum Gasteiger partial charge on any atom is 0.230 e. The van der Waals surface area contributed by atoms with Crippen LogP contribution < -0.4 is 0 Å². The molecule has 1 saturated heterocycles. The highest BCUT2D eigenvalue weighted by atomic mass is 16.7. The molecule has 1 aliphatic rings. The van der Waals surface area contributed by atoms with Crippen molar-refractivity contribution in [1.29, 1.82) is 0 Å². The van der Waals surface area contributed by atoms with Crippen LogP contribution in [0.1, 0.15) is 20.8 Å². The molecule has 2 unspecified atom stereocenters. The monoisotopic (exact) mass is 154 g/mol. The molecule has 0 aliphatic carbocycles. The minimum absolute atomic E-state index is 0.149. The Bertz CT molecular complexity index is 180. The molecule has 1 heterocycles. The van der Waals surface area contributed by atoms with Crippen molar-refractivity contribution in [1.82, 2.24) is 0 Å². The number of ether oxygens (including phenoxy) is 2. The first-order valence-corrected chi connectivity index (χ1v) is 3.87. The Kier molecular flexibility index (Phi) is 2.22. The van der Waals surface area contributed by atoms with Crippen molar-refractivity contribution in [3.05, 3.63) is 0 Å². The van der Waals surface area contributed by atoms with Crippen molar-refractivity contribution in [2.24, 2.45) is 5.92 Å². The van der Waals surface area contributed by atoms with Crippen molar-refractivity contribution < 1.29 is 9.47 Å². The lowest BCUT2D eigenvalue weighted by Gasteiger charge is -2.17. The molecule has 0 radical (unpaired) electrons. The van der Waals surface area contributed by atoms with Crippen molar-refractivity contribution in [2.45, 2.75) is 32.7 Å². The summed E-state index contributed by atoms with van der Waals surface area (Å²) >= 11 is 0. The quantitative estimate of drug-likeness (QED) is 0.532. The van der Waals surface area contributed by atoms with Gasteiger partial charge >= 0.3 is 0 Å². The average Bonchev–Trinajstić information content (AvgIpc) is 2.33. The number of hydrogen-bond donors (Lipinski definition) is 0. The normalized spacial score (nSPS) is 37.5. The highest BCUT2D eigenvalue weighted by Gasteiger charge is 2.36. The molecule has 0 bridgehead atoms. The first kappa shape index (κ1) is 8.58. The lowest BCUT2D eigenvalue weighted by atomic mass is 10.1. The maximum atomic E-state index is 5.50. The Hall–Kier alpha value is -0.520. The Morgan fingerprint density at radius 2 is 2.27 bits per heavy atom. The topological polar surface area (TPSA) is 18.5 Å². The van der Waals surface area contributed by atoms with Crippen LogP contribution in [0.25, 0.3) is 0 Å². The lowest BCUT2D eigenvalue weighted by molar-refractivity contribution is -0.110. The number of rotatable bonds is 1. The first-order valence-electron chi connectivity index (χ1n) is 3.87. The van der Waals surface area contributed by atoms with Gasteiger partial charge in [0.15, 0.2) is 0 Å². The average molecular weight is 154 g/mol. The summed E-state index contributed by atoms with van der Waals surface area (Å²) in [4.78, 5) is 0. The predicted molar refractivity (Wildman–Crippen MR) is 42.9 cm³/mol. The second kappa shape index (κ2) is 2.84. The molecule has 2 atom stereocenters. The summed E-state index contributed by atoms with van der Waals surface area (Å²) in [5.41, 5.74) is 0. The van der Waals surface area contributed by atoms with E-state index in [1.54, 1.807) is 6.92 Å². The van der Waals surface area contributed by atoms with Gasteiger partial charge in [0.05, 0.1) is 12.7 Å². The van der Waals surface area contributed by atoms with Gasteiger partial charge in [-0.1, -0.05) is 13.8 Å². The van der Waals surface area contributed by atoms with E-state index in [0.29, 0.717) is 12.5 Å². The van der Waals surface area contributed by atoms with Gasteiger partial charge < -0.3 is 9.47 Å². The lowest BCUT2D eigenvalue weighted by Crippen LogP contribution is -2.25. The van der Waals surface area contributed by atoms with Gasteiger partial charge in [0.1, 0.15) is 0 Å². The third-order valence-electron chi connectivity index (χ3n) is 1.91. The van der Waals surface area contributed by atoms with Gasteiger partial charge in [-0.2, -0.15) is 0 Å². The Morgan fingerprint density at radius 1 is 1.64 bits per heavy atom. The molecular weight excluding hydrogens is 140 g/mol. The van der Waals surface area contributed by atoms with Gasteiger partial charge in [0.2, 0.25) is 5.79 Å². The van der Waals surface area contributed by atoms with E-state index in [4.69, 9.17) is 15.9 Å². The maximum absolute atomic E-state index is 5.50. The van der Waals surface area contributed by atoms with Gasteiger partial charge in [-0.25, -0.2) is 0 Å². The van der Waals surface area contributed by atoms with Gasteiger partial charge in [0.25, 0.3) is 0 Å². The number of hydrogen-bond acceptors (Lipinski definition) is 2. The molecule has 1 fully saturated rings. The largest absolute Gasteiger partial charge is 0.337 e. The molecule has 0 N–H and O–H groups in total. The van der Waals surface area contributed by atoms with E-state index >= 15 is 0 Å². The van der Waals surface area contributed by atoms with E-state index in [9.17, 15) is 0 Å². The van der Waals surface area contributed by atoms with Crippen LogP contribution in [0.3, 0.4) is 0 Å². The second-order valence-electron chi connectivity index (χ2n) is 3.30. The van der Waals surface area contributed by atoms with Crippen LogP contribution in [0.4, 0.5) is 0 Å². The smallest absolute Gasteiger partial charge is 0.230 e. The fraction of sp³-hybridized carbons (Fsp3) is 0.778. The molecule has 0 aromatic heterocycles. The van der Waals surface area contributed by atoms with Gasteiger partial charge in [-0.15, -0.1) is 6.42 Å². The molecular formula is C9H14O2. The third-order valence-corrected chi connectivity index (χ3v) is 1.91. The van der Waals surface area contributed by atoms with E-state index in [0.717, 1.165) is 0 Å². The molecule has 0 saturated carbocycles. The fourth-order valence-corrected chi connectivity index (χ4v) is 1.00. The molecule has 0 aromatic carbocycles. The van der Waals surface area contributed by atoms with Crippen molar-refractivity contribution in [2.75, 3.05) is 6.61 Å². The van der Waals surface area contributed by atoms with Gasteiger partial charge in [0, 0.05) is 6.92 Å². The molecule has 1 rings (SSSR count). The second-order valence-corrected chi connectivity index (χ2v) is 3.30. The summed E-state index contributed by atoms with van der Waals surface area (Å²) in [5, 5.41) is 0. The first-order chi connectivity index (χ1) is 5.07. The van der Waals surface area contributed by atoms with Crippen LogP contribution in [0.15, 0.2) is 0 Å². The van der Waals surface area contributed by atoms with E-state index in [1.165, 1.54) is 0 Å².